The number of hydrogen-bond donors (Lipinski definition) is 6. The predicted octanol–water partition coefficient (Wildman–Crippen LogP) is -0.789. The summed E-state index contributed by atoms with van der Waals surface area (Å²) in [5.41, 5.74) is 4.23. The SMILES string of the molecule is COc1nc(N)nc2c1nc(I)n2[C@@H]1O[C@H](COP(=O)(O)N[C@@H](C)C(=O)O)[C@@H](O)[C@@]1(C)O. The van der Waals surface area contributed by atoms with Crippen LogP contribution in [0.2, 0.25) is 0 Å². The Kier molecular flexibility index (Phi) is 6.98. The van der Waals surface area contributed by atoms with Gasteiger partial charge in [0, 0.05) is 22.6 Å². The predicted molar refractivity (Wildman–Crippen MR) is 116 cm³/mol. The van der Waals surface area contributed by atoms with Crippen molar-refractivity contribution in [3.63, 3.8) is 0 Å². The van der Waals surface area contributed by atoms with Crippen LogP contribution in [0.15, 0.2) is 0 Å². The minimum Gasteiger partial charge on any atom is -0.480 e. The van der Waals surface area contributed by atoms with Gasteiger partial charge in [-0.2, -0.15) is 9.97 Å². The third-order valence-corrected chi connectivity index (χ3v) is 6.78. The van der Waals surface area contributed by atoms with E-state index in [4.69, 9.17) is 24.8 Å². The van der Waals surface area contributed by atoms with Crippen molar-refractivity contribution in [2.24, 2.45) is 0 Å². The molecular weight excluding hydrogens is 566 g/mol. The quantitative estimate of drug-likeness (QED) is 0.126. The van der Waals surface area contributed by atoms with E-state index in [-0.39, 0.29) is 23.0 Å². The Bertz CT molecular complexity index is 1080. The van der Waals surface area contributed by atoms with E-state index in [1.54, 1.807) is 0 Å². The number of nitrogens with two attached hydrogens (primary N) is 1. The molecule has 0 radical (unpaired) electrons. The summed E-state index contributed by atoms with van der Waals surface area (Å²) in [6.45, 7) is 1.82. The summed E-state index contributed by atoms with van der Waals surface area (Å²) in [6, 6.07) is -1.37. The highest BCUT2D eigenvalue weighted by Crippen LogP contribution is 2.44. The van der Waals surface area contributed by atoms with Crippen LogP contribution in [0.3, 0.4) is 0 Å². The fourth-order valence-electron chi connectivity index (χ4n) is 3.15. The van der Waals surface area contributed by atoms with E-state index in [2.05, 4.69) is 15.0 Å². The highest BCUT2D eigenvalue weighted by molar-refractivity contribution is 14.1. The molecule has 0 aliphatic carbocycles. The Morgan fingerprint density at radius 3 is 2.72 bits per heavy atom. The topological polar surface area (TPSA) is 224 Å². The van der Waals surface area contributed by atoms with Crippen LogP contribution < -0.4 is 15.6 Å². The van der Waals surface area contributed by atoms with Gasteiger partial charge in [-0.3, -0.25) is 13.9 Å². The summed E-state index contributed by atoms with van der Waals surface area (Å²) in [5.74, 6) is -1.38. The number of methoxy groups -OCH3 is 1. The van der Waals surface area contributed by atoms with Crippen LogP contribution in [0, 0.1) is 3.83 Å². The van der Waals surface area contributed by atoms with E-state index in [0.29, 0.717) is 3.83 Å². The minimum atomic E-state index is -4.55. The van der Waals surface area contributed by atoms with Crippen molar-refractivity contribution in [1.29, 1.82) is 0 Å². The highest BCUT2D eigenvalue weighted by Gasteiger charge is 2.54. The lowest BCUT2D eigenvalue weighted by Crippen LogP contribution is -2.44. The fourth-order valence-corrected chi connectivity index (χ4v) is 4.90. The number of hydrogen-bond acceptors (Lipinski definition) is 11. The highest BCUT2D eigenvalue weighted by atomic mass is 127. The number of aliphatic hydroxyl groups excluding tert-OH is 1. The average molecular weight is 588 g/mol. The van der Waals surface area contributed by atoms with Gasteiger partial charge in [-0.1, -0.05) is 0 Å². The Labute approximate surface area is 194 Å². The lowest BCUT2D eigenvalue weighted by atomic mass is 9.96. The second kappa shape index (κ2) is 8.94. The molecule has 2 aromatic heterocycles. The van der Waals surface area contributed by atoms with Crippen LogP contribution in [0.5, 0.6) is 5.88 Å². The molecule has 32 heavy (non-hydrogen) atoms. The van der Waals surface area contributed by atoms with Crippen molar-refractivity contribution >= 4 is 53.4 Å². The summed E-state index contributed by atoms with van der Waals surface area (Å²) in [6.07, 6.45) is -4.06. The van der Waals surface area contributed by atoms with E-state index in [9.17, 15) is 24.5 Å². The Morgan fingerprint density at radius 2 is 2.12 bits per heavy atom. The van der Waals surface area contributed by atoms with Crippen LogP contribution >= 0.6 is 30.3 Å². The normalized spacial score (nSPS) is 28.5. The zero-order chi connectivity index (χ0) is 24.0. The molecule has 1 unspecified atom stereocenters. The van der Waals surface area contributed by atoms with Crippen molar-refractivity contribution in [3.05, 3.63) is 3.83 Å². The monoisotopic (exact) mass is 588 g/mol. The first-order valence-electron chi connectivity index (χ1n) is 9.07. The summed E-state index contributed by atoms with van der Waals surface area (Å²) < 4.78 is 29.6. The summed E-state index contributed by atoms with van der Waals surface area (Å²) in [5, 5.41) is 32.4. The van der Waals surface area contributed by atoms with Gasteiger partial charge in [0.05, 0.1) is 13.7 Å². The molecule has 1 aliphatic rings. The van der Waals surface area contributed by atoms with Crippen molar-refractivity contribution < 1.29 is 43.6 Å². The summed E-state index contributed by atoms with van der Waals surface area (Å²) in [4.78, 5) is 33.1. The second-order valence-electron chi connectivity index (χ2n) is 7.22. The van der Waals surface area contributed by atoms with E-state index < -0.39 is 50.4 Å². The molecule has 0 aromatic carbocycles. The average Bonchev–Trinajstić information content (AvgIpc) is 3.12. The van der Waals surface area contributed by atoms with Crippen molar-refractivity contribution in [2.75, 3.05) is 19.5 Å². The van der Waals surface area contributed by atoms with Gasteiger partial charge < -0.3 is 35.4 Å². The number of halogens is 1. The molecule has 1 fully saturated rings. The molecule has 0 amide bonds. The first kappa shape index (κ1) is 25.0. The number of nitrogen functional groups attached to an aromatic ring is 1. The van der Waals surface area contributed by atoms with E-state index in [1.165, 1.54) is 18.6 Å². The molecule has 6 atom stereocenters. The number of fused-ring (bicyclic) bond motifs is 1. The van der Waals surface area contributed by atoms with Gasteiger partial charge >= 0.3 is 13.7 Å². The fraction of sp³-hybridized carbons (Fsp3) is 0.600. The first-order chi connectivity index (χ1) is 14.8. The molecule has 15 nitrogen and oxygen atoms in total. The molecule has 3 heterocycles. The maximum Gasteiger partial charge on any atom is 0.403 e. The number of nitrogens with zero attached hydrogens (tertiary/aromatic N) is 4. The smallest absolute Gasteiger partial charge is 0.403 e. The number of carboxylic acids is 1. The first-order valence-corrected chi connectivity index (χ1v) is 11.7. The Hall–Kier alpha value is -1.66. The number of aliphatic hydroxyl groups is 2. The van der Waals surface area contributed by atoms with Gasteiger partial charge in [-0.05, 0) is 13.8 Å². The molecule has 1 aliphatic heterocycles. The molecule has 1 saturated heterocycles. The summed E-state index contributed by atoms with van der Waals surface area (Å²) >= 11 is 1.87. The number of aromatic nitrogens is 4. The van der Waals surface area contributed by atoms with Crippen molar-refractivity contribution in [2.45, 2.75) is 43.9 Å². The zero-order valence-electron chi connectivity index (χ0n) is 17.0. The Balaban J connectivity index is 1.88. The molecule has 7 N–H and O–H groups in total. The van der Waals surface area contributed by atoms with Gasteiger partial charge in [0.1, 0.15) is 23.9 Å². The van der Waals surface area contributed by atoms with Crippen LogP contribution in [-0.2, 0) is 18.6 Å². The number of anilines is 1. The molecule has 17 heteroatoms. The van der Waals surface area contributed by atoms with Crippen LogP contribution in [0.25, 0.3) is 11.2 Å². The third-order valence-electron chi connectivity index (χ3n) is 4.81. The minimum absolute atomic E-state index is 0.0991. The number of nitrogens with one attached hydrogen (secondary N) is 1. The molecule has 0 spiro atoms. The van der Waals surface area contributed by atoms with Gasteiger partial charge in [0.15, 0.2) is 21.2 Å². The van der Waals surface area contributed by atoms with E-state index in [1.807, 2.05) is 27.7 Å². The standard InChI is InChI=1S/C15H22IN6O9P/c1-5(11(24)25)21-32(27,28)30-4-6-8(23)15(2,26)12(31-6)22-9-7(18-13(22)16)10(29-3)20-14(17)19-9/h5-6,8,12,23,26H,4H2,1-3H3,(H,24,25)(H2,17,19,20)(H2,21,27,28)/t5-,6+,8+,12+,15+/m0/s1. The number of carboxylic acid groups (broad SMARTS) is 1. The third kappa shape index (κ3) is 4.67. The van der Waals surface area contributed by atoms with Gasteiger partial charge in [0.2, 0.25) is 11.8 Å². The van der Waals surface area contributed by atoms with E-state index >= 15 is 0 Å². The zero-order valence-corrected chi connectivity index (χ0v) is 20.1. The Morgan fingerprint density at radius 1 is 1.47 bits per heavy atom. The van der Waals surface area contributed by atoms with Crippen LogP contribution in [0.1, 0.15) is 20.1 Å². The van der Waals surface area contributed by atoms with E-state index in [0.717, 1.165) is 6.92 Å². The molecule has 178 valence electrons. The summed E-state index contributed by atoms with van der Waals surface area (Å²) in [7, 11) is -3.17. The van der Waals surface area contributed by atoms with Gasteiger partial charge in [0.25, 0.3) is 0 Å². The van der Waals surface area contributed by atoms with Crippen LogP contribution in [0.4, 0.5) is 5.95 Å². The van der Waals surface area contributed by atoms with Crippen molar-refractivity contribution in [3.8, 4) is 5.88 Å². The number of ether oxygens (including phenoxy) is 2. The lowest BCUT2D eigenvalue weighted by molar-refractivity contribution is -0.138. The molecule has 0 saturated carbocycles. The molecular formula is C15H22IN6O9P. The largest absolute Gasteiger partial charge is 0.480 e. The molecule has 0 bridgehead atoms. The molecule has 2 aromatic rings. The maximum atomic E-state index is 12.1. The van der Waals surface area contributed by atoms with Gasteiger partial charge in [-0.25, -0.2) is 14.6 Å². The second-order valence-corrected chi connectivity index (χ2v) is 9.74. The number of rotatable bonds is 8. The lowest BCUT2D eigenvalue weighted by Gasteiger charge is -2.27. The van der Waals surface area contributed by atoms with Gasteiger partial charge in [-0.15, -0.1) is 0 Å². The number of carbonyl (C=O) groups is 1. The van der Waals surface area contributed by atoms with Crippen molar-refractivity contribution in [1.82, 2.24) is 24.6 Å². The number of aliphatic carboxylic acids is 1. The van der Waals surface area contributed by atoms with Crippen LogP contribution in [-0.4, -0.2) is 83.3 Å². The maximum absolute atomic E-state index is 12.1. The molecule has 3 rings (SSSR count). The number of imidazole rings is 1.